The molecule has 104 valence electrons. The summed E-state index contributed by atoms with van der Waals surface area (Å²) in [6, 6.07) is 3.15. The summed E-state index contributed by atoms with van der Waals surface area (Å²) in [5.41, 5.74) is 0.405. The Bertz CT molecular complexity index is 484. The number of methoxy groups -OCH3 is 2. The van der Waals surface area contributed by atoms with Gasteiger partial charge in [-0.2, -0.15) is 0 Å². The lowest BCUT2D eigenvalue weighted by Crippen LogP contribution is -2.21. The lowest BCUT2D eigenvalue weighted by atomic mass is 9.93. The second-order valence-corrected chi connectivity index (χ2v) is 4.27. The van der Waals surface area contributed by atoms with E-state index in [1.807, 2.05) is 0 Å². The van der Waals surface area contributed by atoms with Crippen molar-refractivity contribution in [2.75, 3.05) is 20.8 Å². The van der Waals surface area contributed by atoms with Crippen LogP contribution in [0.1, 0.15) is 18.1 Å². The van der Waals surface area contributed by atoms with Crippen LogP contribution < -0.4 is 14.2 Å². The molecular formula is C13H16O6. The van der Waals surface area contributed by atoms with Crippen molar-refractivity contribution in [1.82, 2.24) is 0 Å². The lowest BCUT2D eigenvalue weighted by Gasteiger charge is -2.18. The Morgan fingerprint density at radius 2 is 1.95 bits per heavy atom. The zero-order chi connectivity index (χ0) is 14.0. The van der Waals surface area contributed by atoms with E-state index in [4.69, 9.17) is 19.3 Å². The first-order chi connectivity index (χ1) is 9.08. The monoisotopic (exact) mass is 268 g/mol. The first-order valence-corrected chi connectivity index (χ1v) is 5.88. The first-order valence-electron chi connectivity index (χ1n) is 5.88. The van der Waals surface area contributed by atoms with Gasteiger partial charge in [-0.05, 0) is 12.5 Å². The molecule has 1 aromatic carbocycles. The molecule has 2 unspecified atom stereocenters. The molecule has 6 nitrogen and oxygen atoms in total. The Balaban J connectivity index is 2.48. The fourth-order valence-electron chi connectivity index (χ4n) is 2.16. The Hall–Kier alpha value is -1.95. The van der Waals surface area contributed by atoms with E-state index in [2.05, 4.69) is 0 Å². The molecule has 0 saturated carbocycles. The quantitative estimate of drug-likeness (QED) is 0.857. The molecule has 2 atom stereocenters. The summed E-state index contributed by atoms with van der Waals surface area (Å²) >= 11 is 0. The van der Waals surface area contributed by atoms with E-state index in [1.165, 1.54) is 14.2 Å². The van der Waals surface area contributed by atoms with Crippen molar-refractivity contribution in [2.45, 2.75) is 12.5 Å². The average Bonchev–Trinajstić information content (AvgIpc) is 2.56. The zero-order valence-electron chi connectivity index (χ0n) is 10.8. The van der Waals surface area contributed by atoms with E-state index in [0.29, 0.717) is 22.8 Å². The summed E-state index contributed by atoms with van der Waals surface area (Å²) < 4.78 is 15.8. The van der Waals surface area contributed by atoms with E-state index < -0.39 is 18.0 Å². The van der Waals surface area contributed by atoms with Crippen LogP contribution in [-0.4, -0.2) is 37.0 Å². The number of hydrogen-bond acceptors (Lipinski definition) is 5. The van der Waals surface area contributed by atoms with Crippen molar-refractivity contribution in [1.29, 1.82) is 0 Å². The highest BCUT2D eigenvalue weighted by molar-refractivity contribution is 5.71. The number of aliphatic hydroxyl groups excluding tert-OH is 1. The number of aliphatic carboxylic acids is 1. The summed E-state index contributed by atoms with van der Waals surface area (Å²) in [5, 5.41) is 19.3. The molecule has 0 amide bonds. The Labute approximate surface area is 110 Å². The summed E-state index contributed by atoms with van der Waals surface area (Å²) in [6.45, 7) is 0.233. The molecule has 0 bridgehead atoms. The summed E-state index contributed by atoms with van der Waals surface area (Å²) in [7, 11) is 2.97. The molecule has 0 aromatic heterocycles. The Morgan fingerprint density at radius 3 is 2.53 bits per heavy atom. The standard InChI is InChI=1S/C13H16O6/c1-17-10-5-8-9(6-11(10)18-2)19-4-3-7(12(8)14)13(15)16/h5-7,12,14H,3-4H2,1-2H3,(H,15,16). The third kappa shape index (κ3) is 2.44. The summed E-state index contributed by atoms with van der Waals surface area (Å²) in [4.78, 5) is 11.1. The number of benzene rings is 1. The minimum atomic E-state index is -1.13. The molecule has 0 radical (unpaired) electrons. The maximum absolute atomic E-state index is 11.1. The number of carbonyl (C=O) groups is 1. The first kappa shape index (κ1) is 13.5. The highest BCUT2D eigenvalue weighted by Gasteiger charge is 2.33. The van der Waals surface area contributed by atoms with Crippen LogP contribution in [0, 0.1) is 5.92 Å². The smallest absolute Gasteiger partial charge is 0.309 e. The van der Waals surface area contributed by atoms with Crippen molar-refractivity contribution < 1.29 is 29.2 Å². The Kier molecular flexibility index (Phi) is 3.80. The number of carboxylic acids is 1. The van der Waals surface area contributed by atoms with Gasteiger partial charge in [-0.1, -0.05) is 0 Å². The lowest BCUT2D eigenvalue weighted by molar-refractivity contribution is -0.146. The van der Waals surface area contributed by atoms with Gasteiger partial charge in [0.1, 0.15) is 5.75 Å². The van der Waals surface area contributed by atoms with Crippen LogP contribution in [0.4, 0.5) is 0 Å². The van der Waals surface area contributed by atoms with E-state index in [0.717, 1.165) is 0 Å². The van der Waals surface area contributed by atoms with Crippen molar-refractivity contribution >= 4 is 5.97 Å². The fourth-order valence-corrected chi connectivity index (χ4v) is 2.16. The van der Waals surface area contributed by atoms with Crippen LogP contribution in [0.5, 0.6) is 17.2 Å². The zero-order valence-corrected chi connectivity index (χ0v) is 10.8. The van der Waals surface area contributed by atoms with Crippen LogP contribution in [0.25, 0.3) is 0 Å². The average molecular weight is 268 g/mol. The van der Waals surface area contributed by atoms with E-state index in [-0.39, 0.29) is 13.0 Å². The second-order valence-electron chi connectivity index (χ2n) is 4.27. The van der Waals surface area contributed by atoms with Gasteiger partial charge in [-0.15, -0.1) is 0 Å². The normalized spacial score (nSPS) is 21.8. The number of ether oxygens (including phenoxy) is 3. The molecule has 1 aliphatic heterocycles. The molecular weight excluding hydrogens is 252 g/mol. The minimum absolute atomic E-state index is 0.233. The van der Waals surface area contributed by atoms with Crippen LogP contribution in [0.15, 0.2) is 12.1 Å². The van der Waals surface area contributed by atoms with Crippen LogP contribution in [-0.2, 0) is 4.79 Å². The molecule has 1 heterocycles. The van der Waals surface area contributed by atoms with Crippen LogP contribution >= 0.6 is 0 Å². The van der Waals surface area contributed by atoms with E-state index in [1.54, 1.807) is 12.1 Å². The molecule has 0 saturated heterocycles. The number of hydrogen-bond donors (Lipinski definition) is 2. The molecule has 6 heteroatoms. The highest BCUT2D eigenvalue weighted by atomic mass is 16.5. The number of rotatable bonds is 3. The van der Waals surface area contributed by atoms with Gasteiger partial charge in [-0.25, -0.2) is 0 Å². The molecule has 1 aromatic rings. The van der Waals surface area contributed by atoms with Crippen molar-refractivity contribution in [3.63, 3.8) is 0 Å². The second kappa shape index (κ2) is 5.36. The van der Waals surface area contributed by atoms with Gasteiger partial charge >= 0.3 is 5.97 Å². The predicted molar refractivity (Wildman–Crippen MR) is 65.7 cm³/mol. The molecule has 0 aliphatic carbocycles. The van der Waals surface area contributed by atoms with Gasteiger partial charge in [0.25, 0.3) is 0 Å². The molecule has 2 rings (SSSR count). The third-order valence-corrected chi connectivity index (χ3v) is 3.22. The molecule has 2 N–H and O–H groups in total. The summed E-state index contributed by atoms with van der Waals surface area (Å²) in [5.74, 6) is -0.607. The molecule has 19 heavy (non-hydrogen) atoms. The van der Waals surface area contributed by atoms with Crippen LogP contribution in [0.3, 0.4) is 0 Å². The van der Waals surface area contributed by atoms with Gasteiger partial charge < -0.3 is 24.4 Å². The van der Waals surface area contributed by atoms with Gasteiger partial charge in [0.2, 0.25) is 0 Å². The Morgan fingerprint density at radius 1 is 1.32 bits per heavy atom. The maximum atomic E-state index is 11.1. The van der Waals surface area contributed by atoms with Gasteiger partial charge in [0, 0.05) is 11.6 Å². The number of carboxylic acid groups (broad SMARTS) is 1. The number of fused-ring (bicyclic) bond motifs is 1. The highest BCUT2D eigenvalue weighted by Crippen LogP contribution is 2.41. The van der Waals surface area contributed by atoms with E-state index in [9.17, 15) is 9.90 Å². The molecule has 0 spiro atoms. The van der Waals surface area contributed by atoms with Gasteiger partial charge in [0.15, 0.2) is 11.5 Å². The van der Waals surface area contributed by atoms with E-state index >= 15 is 0 Å². The predicted octanol–water partition coefficient (Wildman–Crippen LogP) is 1.22. The molecule has 1 aliphatic rings. The fraction of sp³-hybridized carbons (Fsp3) is 0.462. The third-order valence-electron chi connectivity index (χ3n) is 3.22. The van der Waals surface area contributed by atoms with Gasteiger partial charge in [0.05, 0.1) is 32.8 Å². The SMILES string of the molecule is COc1cc2c(cc1OC)C(O)C(C(=O)O)CCO2. The summed E-state index contributed by atoms with van der Waals surface area (Å²) in [6.07, 6.45) is -0.884. The topological polar surface area (TPSA) is 85.2 Å². The van der Waals surface area contributed by atoms with Gasteiger partial charge in [-0.3, -0.25) is 4.79 Å². The van der Waals surface area contributed by atoms with Crippen molar-refractivity contribution in [3.05, 3.63) is 17.7 Å². The van der Waals surface area contributed by atoms with Crippen molar-refractivity contribution in [2.24, 2.45) is 5.92 Å². The van der Waals surface area contributed by atoms with Crippen molar-refractivity contribution in [3.8, 4) is 17.2 Å². The minimum Gasteiger partial charge on any atom is -0.493 e. The molecule has 0 fully saturated rings. The largest absolute Gasteiger partial charge is 0.493 e. The number of aliphatic hydroxyl groups is 1. The maximum Gasteiger partial charge on any atom is 0.309 e. The van der Waals surface area contributed by atoms with Crippen LogP contribution in [0.2, 0.25) is 0 Å².